The van der Waals surface area contributed by atoms with E-state index in [-0.39, 0.29) is 10.8 Å². The molecule has 0 aliphatic heterocycles. The third-order valence-corrected chi connectivity index (χ3v) is 5.19. The lowest BCUT2D eigenvalue weighted by Crippen LogP contribution is -2.24. The standard InChI is InChI=1S/C19H24N2O3S/c1-3-4-5-14-20-19(22)16-8-12-18(13-9-16)25(23,24)21-17-10-6-15(2)7-11-17/h6-13,21H,3-5,14H2,1-2H3,(H,20,22). The number of sulfonamides is 1. The molecule has 0 aromatic heterocycles. The van der Waals surface area contributed by atoms with E-state index in [1.165, 1.54) is 24.3 Å². The van der Waals surface area contributed by atoms with Gasteiger partial charge in [-0.15, -0.1) is 0 Å². The van der Waals surface area contributed by atoms with Crippen molar-refractivity contribution >= 4 is 21.6 Å². The first-order chi connectivity index (χ1) is 11.9. The van der Waals surface area contributed by atoms with Gasteiger partial charge in [0.1, 0.15) is 0 Å². The predicted octanol–water partition coefficient (Wildman–Crippen LogP) is 3.72. The van der Waals surface area contributed by atoms with Crippen LogP contribution in [0.2, 0.25) is 0 Å². The van der Waals surface area contributed by atoms with Gasteiger partial charge in [-0.3, -0.25) is 9.52 Å². The third-order valence-electron chi connectivity index (χ3n) is 3.80. The molecule has 2 N–H and O–H groups in total. The maximum absolute atomic E-state index is 12.4. The first-order valence-corrected chi connectivity index (χ1v) is 9.88. The number of carbonyl (C=O) groups is 1. The second kappa shape index (κ2) is 8.67. The molecule has 0 saturated carbocycles. The van der Waals surface area contributed by atoms with Gasteiger partial charge >= 0.3 is 0 Å². The Balaban J connectivity index is 2.02. The molecule has 0 aliphatic rings. The normalized spacial score (nSPS) is 11.1. The highest BCUT2D eigenvalue weighted by atomic mass is 32.2. The topological polar surface area (TPSA) is 75.3 Å². The average Bonchev–Trinajstić information content (AvgIpc) is 2.60. The zero-order valence-electron chi connectivity index (χ0n) is 14.6. The fourth-order valence-corrected chi connectivity index (χ4v) is 3.36. The predicted molar refractivity (Wildman–Crippen MR) is 100 cm³/mol. The molecule has 0 aliphatic carbocycles. The quantitative estimate of drug-likeness (QED) is 0.705. The van der Waals surface area contributed by atoms with E-state index in [4.69, 9.17) is 0 Å². The van der Waals surface area contributed by atoms with Crippen LogP contribution in [0, 0.1) is 6.92 Å². The Bertz CT molecular complexity index is 798. The smallest absolute Gasteiger partial charge is 0.261 e. The van der Waals surface area contributed by atoms with Crippen molar-refractivity contribution in [1.82, 2.24) is 5.32 Å². The van der Waals surface area contributed by atoms with E-state index in [2.05, 4.69) is 17.0 Å². The number of amides is 1. The van der Waals surface area contributed by atoms with Crippen molar-refractivity contribution in [2.75, 3.05) is 11.3 Å². The van der Waals surface area contributed by atoms with Gasteiger partial charge in [-0.05, 0) is 49.7 Å². The Hall–Kier alpha value is -2.34. The summed E-state index contributed by atoms with van der Waals surface area (Å²) in [7, 11) is -3.67. The number of benzene rings is 2. The summed E-state index contributed by atoms with van der Waals surface area (Å²) in [6.07, 6.45) is 3.10. The molecule has 2 aromatic rings. The van der Waals surface area contributed by atoms with Gasteiger partial charge in [0.2, 0.25) is 0 Å². The van der Waals surface area contributed by atoms with Crippen molar-refractivity contribution in [2.24, 2.45) is 0 Å². The molecule has 5 nitrogen and oxygen atoms in total. The van der Waals surface area contributed by atoms with Crippen LogP contribution in [0.4, 0.5) is 5.69 Å². The molecule has 0 saturated heterocycles. The van der Waals surface area contributed by atoms with Crippen LogP contribution in [0.5, 0.6) is 0 Å². The largest absolute Gasteiger partial charge is 0.352 e. The molecular weight excluding hydrogens is 336 g/mol. The molecule has 25 heavy (non-hydrogen) atoms. The summed E-state index contributed by atoms with van der Waals surface area (Å²) in [5.74, 6) is -0.188. The van der Waals surface area contributed by atoms with Crippen molar-refractivity contribution < 1.29 is 13.2 Å². The minimum atomic E-state index is -3.67. The Morgan fingerprint density at radius 3 is 2.20 bits per heavy atom. The molecule has 0 heterocycles. The van der Waals surface area contributed by atoms with Gasteiger partial charge in [0.05, 0.1) is 4.90 Å². The lowest BCUT2D eigenvalue weighted by molar-refractivity contribution is 0.0953. The van der Waals surface area contributed by atoms with Crippen LogP contribution in [0.1, 0.15) is 42.1 Å². The highest BCUT2D eigenvalue weighted by Crippen LogP contribution is 2.17. The minimum Gasteiger partial charge on any atom is -0.352 e. The van der Waals surface area contributed by atoms with Crippen LogP contribution in [0.15, 0.2) is 53.4 Å². The van der Waals surface area contributed by atoms with Crippen LogP contribution >= 0.6 is 0 Å². The molecule has 0 spiro atoms. The SMILES string of the molecule is CCCCCNC(=O)c1ccc(S(=O)(=O)Nc2ccc(C)cc2)cc1. The number of carbonyl (C=O) groups excluding carboxylic acids is 1. The van der Waals surface area contributed by atoms with Crippen molar-refractivity contribution in [2.45, 2.75) is 38.0 Å². The van der Waals surface area contributed by atoms with E-state index < -0.39 is 10.0 Å². The van der Waals surface area contributed by atoms with Gasteiger partial charge in [-0.1, -0.05) is 37.5 Å². The summed E-state index contributed by atoms with van der Waals surface area (Å²) in [4.78, 5) is 12.1. The first-order valence-electron chi connectivity index (χ1n) is 8.40. The summed E-state index contributed by atoms with van der Waals surface area (Å²) >= 11 is 0. The number of aryl methyl sites for hydroxylation is 1. The van der Waals surface area contributed by atoms with E-state index in [0.717, 1.165) is 24.8 Å². The van der Waals surface area contributed by atoms with Crippen LogP contribution < -0.4 is 10.0 Å². The summed E-state index contributed by atoms with van der Waals surface area (Å²) < 4.78 is 27.3. The number of nitrogens with one attached hydrogen (secondary N) is 2. The number of hydrogen-bond donors (Lipinski definition) is 2. The molecular formula is C19H24N2O3S. The molecule has 0 unspecified atom stereocenters. The number of hydrogen-bond acceptors (Lipinski definition) is 3. The minimum absolute atomic E-state index is 0.121. The van der Waals surface area contributed by atoms with Gasteiger partial charge in [0.25, 0.3) is 15.9 Å². The Labute approximate surface area is 149 Å². The van der Waals surface area contributed by atoms with Crippen LogP contribution in [-0.2, 0) is 10.0 Å². The van der Waals surface area contributed by atoms with Crippen LogP contribution in [0.25, 0.3) is 0 Å². The fourth-order valence-electron chi connectivity index (χ4n) is 2.30. The number of unbranched alkanes of at least 4 members (excludes halogenated alkanes) is 2. The van der Waals surface area contributed by atoms with E-state index in [0.29, 0.717) is 17.8 Å². The molecule has 2 aromatic carbocycles. The van der Waals surface area contributed by atoms with Gasteiger partial charge < -0.3 is 5.32 Å². The maximum atomic E-state index is 12.4. The van der Waals surface area contributed by atoms with Gasteiger partial charge in [-0.2, -0.15) is 0 Å². The molecule has 134 valence electrons. The van der Waals surface area contributed by atoms with Gasteiger partial charge in [0, 0.05) is 17.8 Å². The molecule has 2 rings (SSSR count). The summed E-state index contributed by atoms with van der Waals surface area (Å²) in [6.45, 7) is 4.66. The van der Waals surface area contributed by atoms with Crippen molar-refractivity contribution in [3.63, 3.8) is 0 Å². The lowest BCUT2D eigenvalue weighted by atomic mass is 10.2. The fraction of sp³-hybridized carbons (Fsp3) is 0.316. The molecule has 0 atom stereocenters. The van der Waals surface area contributed by atoms with Crippen molar-refractivity contribution in [1.29, 1.82) is 0 Å². The summed E-state index contributed by atoms with van der Waals surface area (Å²) in [5, 5.41) is 2.83. The van der Waals surface area contributed by atoms with Crippen LogP contribution in [-0.4, -0.2) is 20.9 Å². The second-order valence-electron chi connectivity index (χ2n) is 5.96. The van der Waals surface area contributed by atoms with Crippen LogP contribution in [0.3, 0.4) is 0 Å². The molecule has 0 fully saturated rings. The Kier molecular flexibility index (Phi) is 6.58. The molecule has 0 radical (unpaired) electrons. The summed E-state index contributed by atoms with van der Waals surface area (Å²) in [6, 6.07) is 13.0. The van der Waals surface area contributed by atoms with E-state index in [1.54, 1.807) is 12.1 Å². The van der Waals surface area contributed by atoms with E-state index in [1.807, 2.05) is 19.1 Å². The Morgan fingerprint density at radius 2 is 1.60 bits per heavy atom. The van der Waals surface area contributed by atoms with Gasteiger partial charge in [-0.25, -0.2) is 8.42 Å². The van der Waals surface area contributed by atoms with Gasteiger partial charge in [0.15, 0.2) is 0 Å². The van der Waals surface area contributed by atoms with E-state index in [9.17, 15) is 13.2 Å². The zero-order chi connectivity index (χ0) is 18.3. The van der Waals surface area contributed by atoms with Crippen molar-refractivity contribution in [3.8, 4) is 0 Å². The number of anilines is 1. The number of rotatable bonds is 8. The van der Waals surface area contributed by atoms with Crippen molar-refractivity contribution in [3.05, 3.63) is 59.7 Å². The average molecular weight is 360 g/mol. The monoisotopic (exact) mass is 360 g/mol. The highest BCUT2D eigenvalue weighted by Gasteiger charge is 2.15. The Morgan fingerprint density at radius 1 is 0.960 bits per heavy atom. The molecule has 6 heteroatoms. The summed E-state index contributed by atoms with van der Waals surface area (Å²) in [5.41, 5.74) is 2.01. The second-order valence-corrected chi connectivity index (χ2v) is 7.64. The first kappa shape index (κ1) is 19.0. The molecule has 0 bridgehead atoms. The maximum Gasteiger partial charge on any atom is 0.261 e. The highest BCUT2D eigenvalue weighted by molar-refractivity contribution is 7.92. The molecule has 1 amide bonds. The van der Waals surface area contributed by atoms with E-state index >= 15 is 0 Å². The third kappa shape index (κ3) is 5.60. The zero-order valence-corrected chi connectivity index (χ0v) is 15.4. The lowest BCUT2D eigenvalue weighted by Gasteiger charge is -2.09.